The van der Waals surface area contributed by atoms with Crippen LogP contribution in [0.2, 0.25) is 0 Å². The molecule has 0 aliphatic carbocycles. The van der Waals surface area contributed by atoms with Gasteiger partial charge in [-0.3, -0.25) is 14.4 Å². The molecule has 10 heavy (non-hydrogen) atoms. The molecule has 0 bridgehead atoms. The van der Waals surface area contributed by atoms with Gasteiger partial charge in [-0.25, -0.2) is 13.6 Å². The van der Waals surface area contributed by atoms with Gasteiger partial charge in [0.1, 0.15) is 0 Å². The van der Waals surface area contributed by atoms with Crippen molar-refractivity contribution in [1.29, 1.82) is 0 Å². The van der Waals surface area contributed by atoms with Crippen LogP contribution in [0.1, 0.15) is 0 Å². The van der Waals surface area contributed by atoms with E-state index in [9.17, 15) is 9.36 Å². The van der Waals surface area contributed by atoms with E-state index in [-0.39, 0.29) is 5.08 Å². The second kappa shape index (κ2) is 2.01. The normalized spacial score (nSPS) is 11.8. The fourth-order valence-corrected chi connectivity index (χ4v) is 0.489. The average molecular weight is 171 g/mol. The van der Waals surface area contributed by atoms with Crippen molar-refractivity contribution in [2.45, 2.75) is 0 Å². The Morgan fingerprint density at radius 2 is 2.00 bits per heavy atom. The van der Waals surface area contributed by atoms with E-state index in [2.05, 4.69) is 13.7 Å². The van der Waals surface area contributed by atoms with Crippen LogP contribution >= 0.6 is 7.82 Å². The van der Waals surface area contributed by atoms with Gasteiger partial charge in [-0.2, -0.15) is 4.79 Å². The highest BCUT2D eigenvalue weighted by atomic mass is 31.2. The second-order valence-electron chi connectivity index (χ2n) is 1.23. The highest BCUT2D eigenvalue weighted by Gasteiger charge is 2.20. The van der Waals surface area contributed by atoms with Crippen LogP contribution in [0, 0.1) is 0 Å². The first kappa shape index (κ1) is 7.13. The minimum atomic E-state index is -4.69. The minimum Gasteiger partial charge on any atom is -0.292 e. The van der Waals surface area contributed by atoms with Crippen molar-refractivity contribution in [3.63, 3.8) is 0 Å². The number of hydrogen-bond donors (Lipinski definition) is 2. The lowest BCUT2D eigenvalue weighted by atomic mass is 11.6. The predicted molar refractivity (Wildman–Crippen MR) is 23.9 cm³/mol. The van der Waals surface area contributed by atoms with Gasteiger partial charge < -0.3 is 0 Å². The Labute approximate surface area is 52.7 Å². The lowest BCUT2D eigenvalue weighted by Crippen LogP contribution is -2.21. The number of rotatable bonds is 2. The lowest BCUT2D eigenvalue weighted by molar-refractivity contribution is -0.199. The molecule has 1 aromatic rings. The van der Waals surface area contributed by atoms with Gasteiger partial charge in [0, 0.05) is 0 Å². The van der Waals surface area contributed by atoms with E-state index in [1.54, 1.807) is 0 Å². The molecule has 1 rings (SSSR count). The van der Waals surface area contributed by atoms with Crippen LogP contribution in [-0.2, 0) is 4.57 Å². The maximum Gasteiger partial charge on any atom is 0.568 e. The molecular weight excluding hydrogens is 169 g/mol. The number of phosphoric acid groups is 1. The van der Waals surface area contributed by atoms with Crippen LogP contribution in [0.3, 0.4) is 0 Å². The van der Waals surface area contributed by atoms with Gasteiger partial charge in [0.2, 0.25) is 0 Å². The zero-order chi connectivity index (χ0) is 7.78. The Morgan fingerprint density at radius 3 is 2.30 bits per heavy atom. The maximum atomic E-state index is 9.90. The third-order valence-corrected chi connectivity index (χ3v) is 0.817. The van der Waals surface area contributed by atoms with Crippen LogP contribution in [-0.4, -0.2) is 14.9 Å². The number of hydrogen-bond acceptors (Lipinski definition) is 5. The topological polar surface area (TPSA) is 115 Å². The third-order valence-electron chi connectivity index (χ3n) is 0.471. The molecule has 0 atom stereocenters. The summed E-state index contributed by atoms with van der Waals surface area (Å²) in [7, 11) is -4.69. The van der Waals surface area contributed by atoms with Crippen molar-refractivity contribution >= 4 is 7.82 Å². The van der Waals surface area contributed by atoms with Crippen molar-refractivity contribution in [2.75, 3.05) is 0 Å². The van der Waals surface area contributed by atoms with E-state index in [4.69, 9.17) is 9.79 Å². The summed E-state index contributed by atoms with van der Waals surface area (Å²) in [5.74, 6) is -1.09. The highest BCUT2D eigenvalue weighted by Crippen LogP contribution is 2.30. The molecule has 1 heterocycles. The van der Waals surface area contributed by atoms with Crippen molar-refractivity contribution in [1.82, 2.24) is 5.08 Å². The maximum absolute atomic E-state index is 9.90. The molecule has 1 aromatic heterocycles. The predicted octanol–water partition coefficient (Wildman–Crippen LogP) is -1.44. The second-order valence-corrected chi connectivity index (χ2v) is 2.37. The van der Waals surface area contributed by atoms with Crippen LogP contribution in [0.25, 0.3) is 0 Å². The number of nitrogens with zero attached hydrogens (tertiary/aromatic N) is 1. The molecule has 58 valence electrons. The molecule has 0 aliphatic rings. The summed E-state index contributed by atoms with van der Waals surface area (Å²) in [6.07, 6.45) is 0. The average Bonchev–Trinajstić information content (AvgIpc) is 1.57. The lowest BCUT2D eigenvalue weighted by Gasteiger charge is -2.03. The summed E-state index contributed by atoms with van der Waals surface area (Å²) in [6, 6.07) is 0. The molecule has 8 nitrogen and oxygen atoms in total. The Kier molecular flexibility index (Phi) is 1.43. The molecule has 0 radical (unpaired) electrons. The first-order valence-electron chi connectivity index (χ1n) is 1.93. The standard InChI is InChI=1S/CH2NO7P/c3-1-7-2(8-1)9-10(4,5)6/h(H2,4,5,6). The van der Waals surface area contributed by atoms with Crippen LogP contribution in [0.5, 0.6) is 0 Å². The summed E-state index contributed by atoms with van der Waals surface area (Å²) >= 11 is 0. The first-order valence-corrected chi connectivity index (χ1v) is 3.46. The molecule has 0 saturated carbocycles. The smallest absolute Gasteiger partial charge is 0.292 e. The Morgan fingerprint density at radius 1 is 1.50 bits per heavy atom. The molecule has 0 unspecified atom stereocenters. The summed E-state index contributed by atoms with van der Waals surface area (Å²) in [6.45, 7) is 0. The van der Waals surface area contributed by atoms with E-state index >= 15 is 0 Å². The Balaban J connectivity index is 2.62. The summed E-state index contributed by atoms with van der Waals surface area (Å²) < 4.78 is 21.0. The van der Waals surface area contributed by atoms with Gasteiger partial charge in [-0.05, 0) is 0 Å². The van der Waals surface area contributed by atoms with E-state index in [0.29, 0.717) is 0 Å². The first-order chi connectivity index (χ1) is 4.47. The molecule has 0 fully saturated rings. The van der Waals surface area contributed by atoms with Gasteiger partial charge in [0.25, 0.3) is 0 Å². The summed E-state index contributed by atoms with van der Waals surface area (Å²) in [5.41, 5.74) is 0. The van der Waals surface area contributed by atoms with E-state index in [1.165, 1.54) is 0 Å². The van der Waals surface area contributed by atoms with Crippen molar-refractivity contribution in [3.8, 4) is 0 Å². The number of aromatic nitrogens is 1. The molecule has 0 amide bonds. The van der Waals surface area contributed by atoms with Crippen LogP contribution in [0.4, 0.5) is 0 Å². The van der Waals surface area contributed by atoms with Gasteiger partial charge in [0.05, 0.1) is 0 Å². The van der Waals surface area contributed by atoms with E-state index in [1.807, 2.05) is 0 Å². The summed E-state index contributed by atoms with van der Waals surface area (Å²) in [5, 5.41) is -0.0802. The van der Waals surface area contributed by atoms with Gasteiger partial charge in [-0.1, -0.05) is 0 Å². The van der Waals surface area contributed by atoms with Crippen molar-refractivity contribution in [3.05, 3.63) is 10.6 Å². The minimum absolute atomic E-state index is 0.0802. The largest absolute Gasteiger partial charge is 0.568 e. The van der Waals surface area contributed by atoms with Crippen molar-refractivity contribution < 1.29 is 28.0 Å². The fourth-order valence-electron chi connectivity index (χ4n) is 0.249. The molecule has 0 aliphatic heterocycles. The Hall–Kier alpha value is -0.980. The van der Waals surface area contributed by atoms with Gasteiger partial charge in [-0.15, -0.1) is 0 Å². The Bertz CT molecular complexity index is 280. The van der Waals surface area contributed by atoms with E-state index in [0.717, 1.165) is 0 Å². The summed E-state index contributed by atoms with van der Waals surface area (Å²) in [4.78, 5) is 25.8. The van der Waals surface area contributed by atoms with Crippen molar-refractivity contribution in [2.24, 2.45) is 0 Å². The zero-order valence-electron chi connectivity index (χ0n) is 4.33. The van der Waals surface area contributed by atoms with Crippen LogP contribution in [0.15, 0.2) is 13.8 Å². The van der Waals surface area contributed by atoms with E-state index < -0.39 is 13.6 Å². The molecule has 0 spiro atoms. The van der Waals surface area contributed by atoms with Gasteiger partial charge in [0.15, 0.2) is 5.08 Å². The highest BCUT2D eigenvalue weighted by molar-refractivity contribution is 7.46. The fraction of sp³-hybridized carbons (Fsp3) is 0. The molecule has 0 saturated heterocycles. The van der Waals surface area contributed by atoms with Crippen LogP contribution < -0.4 is 10.4 Å². The monoisotopic (exact) mass is 171 g/mol. The third kappa shape index (κ3) is 1.76. The zero-order valence-corrected chi connectivity index (χ0v) is 5.22. The quantitative estimate of drug-likeness (QED) is 0.523. The molecule has 2 N–H and O–H groups in total. The molecular formula is CH2NO7P. The molecule has 0 aromatic carbocycles. The molecule has 9 heteroatoms. The van der Waals surface area contributed by atoms with Gasteiger partial charge >= 0.3 is 13.6 Å². The SMILES string of the molecule is O=c1on(OP(=O)(O)O)o1.